The van der Waals surface area contributed by atoms with Crippen molar-refractivity contribution in [3.05, 3.63) is 47.2 Å². The third-order valence-electron chi connectivity index (χ3n) is 3.95. The molecule has 0 bridgehead atoms. The fraction of sp³-hybridized carbons (Fsp3) is 0.211. The zero-order valence-electron chi connectivity index (χ0n) is 15.5. The number of carbonyl (C=O) groups is 1. The number of aromatic carboxylic acids is 1. The highest BCUT2D eigenvalue weighted by Crippen LogP contribution is 2.49. The standard InChI is InChI=1S/C19H19NO6S2/c1-23-15-9-11-8-12(10-27-18(11)17(25-3)16(15)24-2)26-28-20-14-7-5-4-6-13(14)19(21)22/h4-9,20H,10H2,1-3H3,(H,21,22). The Morgan fingerprint density at radius 3 is 2.57 bits per heavy atom. The smallest absolute Gasteiger partial charge is 0.337 e. The molecule has 0 radical (unpaired) electrons. The van der Waals surface area contributed by atoms with Crippen LogP contribution in [0.2, 0.25) is 0 Å². The van der Waals surface area contributed by atoms with Crippen LogP contribution in [0.3, 0.4) is 0 Å². The van der Waals surface area contributed by atoms with E-state index in [0.29, 0.717) is 28.7 Å². The maximum Gasteiger partial charge on any atom is 0.337 e. The van der Waals surface area contributed by atoms with Crippen LogP contribution in [0.4, 0.5) is 5.69 Å². The molecule has 0 unspecified atom stereocenters. The molecule has 1 heterocycles. The summed E-state index contributed by atoms with van der Waals surface area (Å²) >= 11 is 2.53. The summed E-state index contributed by atoms with van der Waals surface area (Å²) in [5, 5.41) is 9.23. The van der Waals surface area contributed by atoms with E-state index in [1.54, 1.807) is 51.3 Å². The molecule has 0 aliphatic carbocycles. The summed E-state index contributed by atoms with van der Waals surface area (Å²) in [6.07, 6.45) is 1.90. The lowest BCUT2D eigenvalue weighted by Crippen LogP contribution is -2.04. The van der Waals surface area contributed by atoms with Crippen LogP contribution in [0.1, 0.15) is 15.9 Å². The van der Waals surface area contributed by atoms with Gasteiger partial charge in [0.05, 0.1) is 43.2 Å². The third kappa shape index (κ3) is 4.10. The number of carboxylic acids is 1. The van der Waals surface area contributed by atoms with Gasteiger partial charge in [-0.3, -0.25) is 4.72 Å². The van der Waals surface area contributed by atoms with E-state index in [4.69, 9.17) is 18.4 Å². The molecule has 2 aromatic carbocycles. The average molecular weight is 421 g/mol. The molecule has 1 aliphatic rings. The van der Waals surface area contributed by atoms with Gasteiger partial charge in [-0.2, -0.15) is 0 Å². The molecule has 28 heavy (non-hydrogen) atoms. The van der Waals surface area contributed by atoms with Gasteiger partial charge in [0.1, 0.15) is 5.76 Å². The minimum absolute atomic E-state index is 0.178. The van der Waals surface area contributed by atoms with Crippen molar-refractivity contribution in [2.45, 2.75) is 4.90 Å². The number of para-hydroxylation sites is 1. The van der Waals surface area contributed by atoms with Crippen molar-refractivity contribution >= 4 is 41.7 Å². The van der Waals surface area contributed by atoms with Gasteiger partial charge in [-0.05, 0) is 29.8 Å². The molecule has 7 nitrogen and oxygen atoms in total. The van der Waals surface area contributed by atoms with E-state index in [9.17, 15) is 9.90 Å². The van der Waals surface area contributed by atoms with Gasteiger partial charge in [-0.25, -0.2) is 4.79 Å². The number of carboxylic acid groups (broad SMARTS) is 1. The Hall–Kier alpha value is -2.65. The predicted molar refractivity (Wildman–Crippen MR) is 110 cm³/mol. The number of ether oxygens (including phenoxy) is 3. The van der Waals surface area contributed by atoms with Crippen molar-refractivity contribution in [3.63, 3.8) is 0 Å². The number of hydrogen-bond donors (Lipinski definition) is 2. The Kier molecular flexibility index (Phi) is 6.48. The molecule has 0 amide bonds. The monoisotopic (exact) mass is 421 g/mol. The van der Waals surface area contributed by atoms with Gasteiger partial charge in [0.15, 0.2) is 23.7 Å². The van der Waals surface area contributed by atoms with Crippen LogP contribution in [-0.4, -0.2) is 38.2 Å². The number of nitrogens with one attached hydrogen (secondary N) is 1. The Morgan fingerprint density at radius 2 is 1.89 bits per heavy atom. The number of fused-ring (bicyclic) bond motifs is 1. The zero-order chi connectivity index (χ0) is 20.1. The predicted octanol–water partition coefficient (Wildman–Crippen LogP) is 4.55. The van der Waals surface area contributed by atoms with E-state index in [0.717, 1.165) is 28.4 Å². The summed E-state index contributed by atoms with van der Waals surface area (Å²) < 4.78 is 25.0. The van der Waals surface area contributed by atoms with E-state index < -0.39 is 5.97 Å². The molecule has 9 heteroatoms. The van der Waals surface area contributed by atoms with Crippen molar-refractivity contribution < 1.29 is 28.3 Å². The Morgan fingerprint density at radius 1 is 1.14 bits per heavy atom. The van der Waals surface area contributed by atoms with Crippen LogP contribution in [0.25, 0.3) is 6.08 Å². The first kappa shape index (κ1) is 20.1. The molecule has 2 N–H and O–H groups in total. The summed E-state index contributed by atoms with van der Waals surface area (Å²) in [4.78, 5) is 12.2. The lowest BCUT2D eigenvalue weighted by Gasteiger charge is -2.21. The van der Waals surface area contributed by atoms with Crippen molar-refractivity contribution in [1.29, 1.82) is 0 Å². The number of benzene rings is 2. The van der Waals surface area contributed by atoms with Crippen molar-refractivity contribution in [2.24, 2.45) is 0 Å². The van der Waals surface area contributed by atoms with Gasteiger partial charge < -0.3 is 23.5 Å². The second-order valence-corrected chi connectivity index (χ2v) is 7.11. The van der Waals surface area contributed by atoms with E-state index in [2.05, 4.69) is 4.72 Å². The highest BCUT2D eigenvalue weighted by Gasteiger charge is 2.24. The van der Waals surface area contributed by atoms with E-state index >= 15 is 0 Å². The lowest BCUT2D eigenvalue weighted by molar-refractivity contribution is 0.0698. The molecule has 148 valence electrons. The lowest BCUT2D eigenvalue weighted by atomic mass is 10.1. The molecule has 1 aliphatic heterocycles. The van der Waals surface area contributed by atoms with Crippen LogP contribution in [0.15, 0.2) is 41.0 Å². The first-order chi connectivity index (χ1) is 13.6. The number of rotatable bonds is 8. The van der Waals surface area contributed by atoms with Crippen LogP contribution in [-0.2, 0) is 4.18 Å². The van der Waals surface area contributed by atoms with Crippen molar-refractivity contribution in [2.75, 3.05) is 31.8 Å². The quantitative estimate of drug-likeness (QED) is 0.471. The van der Waals surface area contributed by atoms with E-state index in [1.165, 1.54) is 6.07 Å². The minimum atomic E-state index is -1.00. The Bertz CT molecular complexity index is 916. The Balaban J connectivity index is 1.77. The van der Waals surface area contributed by atoms with Gasteiger partial charge in [0, 0.05) is 0 Å². The van der Waals surface area contributed by atoms with Gasteiger partial charge in [-0.15, -0.1) is 11.8 Å². The number of hydrogen-bond acceptors (Lipinski definition) is 8. The second kappa shape index (κ2) is 9.03. The summed E-state index contributed by atoms with van der Waals surface area (Å²) in [5.41, 5.74) is 1.54. The first-order valence-electron chi connectivity index (χ1n) is 8.17. The molecule has 0 spiro atoms. The summed E-state index contributed by atoms with van der Waals surface area (Å²) in [6.45, 7) is 0. The molecule has 0 atom stereocenters. The van der Waals surface area contributed by atoms with Gasteiger partial charge in [-0.1, -0.05) is 12.1 Å². The van der Waals surface area contributed by atoms with Crippen LogP contribution >= 0.6 is 24.0 Å². The fourth-order valence-electron chi connectivity index (χ4n) is 2.69. The fourth-order valence-corrected chi connectivity index (χ4v) is 4.31. The molecule has 0 saturated heterocycles. The molecular formula is C19H19NO6S2. The first-order valence-corrected chi connectivity index (χ1v) is 9.90. The second-order valence-electron chi connectivity index (χ2n) is 5.58. The summed E-state index contributed by atoms with van der Waals surface area (Å²) in [7, 11) is 4.73. The summed E-state index contributed by atoms with van der Waals surface area (Å²) in [5.74, 6) is 2.05. The largest absolute Gasteiger partial charge is 0.493 e. The summed E-state index contributed by atoms with van der Waals surface area (Å²) in [6, 6.07) is 8.51. The number of anilines is 1. The molecule has 0 aromatic heterocycles. The highest BCUT2D eigenvalue weighted by atomic mass is 32.2. The number of methoxy groups -OCH3 is 3. The van der Waals surface area contributed by atoms with E-state index in [1.807, 2.05) is 12.1 Å². The third-order valence-corrected chi connectivity index (χ3v) is 5.69. The van der Waals surface area contributed by atoms with Gasteiger partial charge in [0.25, 0.3) is 0 Å². The maximum absolute atomic E-state index is 11.3. The van der Waals surface area contributed by atoms with Gasteiger partial charge >= 0.3 is 5.97 Å². The molecule has 0 saturated carbocycles. The van der Waals surface area contributed by atoms with Crippen molar-refractivity contribution in [3.8, 4) is 17.2 Å². The van der Waals surface area contributed by atoms with Crippen LogP contribution in [0.5, 0.6) is 17.2 Å². The maximum atomic E-state index is 11.3. The van der Waals surface area contributed by atoms with E-state index in [-0.39, 0.29) is 5.56 Å². The zero-order valence-corrected chi connectivity index (χ0v) is 17.1. The normalized spacial score (nSPS) is 12.5. The number of thioether (sulfide) groups is 1. The molecule has 2 aromatic rings. The topological polar surface area (TPSA) is 86.3 Å². The Labute approximate surface area is 171 Å². The minimum Gasteiger partial charge on any atom is -0.493 e. The molecule has 0 fully saturated rings. The molecular weight excluding hydrogens is 402 g/mol. The van der Waals surface area contributed by atoms with Gasteiger partial charge in [0.2, 0.25) is 5.75 Å². The molecule has 3 rings (SSSR count). The SMILES string of the molecule is COc1cc2c(c(OC)c1OC)SCC(OSNc1ccccc1C(=O)O)=C2. The highest BCUT2D eigenvalue weighted by molar-refractivity contribution is 8.00. The van der Waals surface area contributed by atoms with Crippen LogP contribution in [0, 0.1) is 0 Å². The average Bonchev–Trinajstić information content (AvgIpc) is 2.72. The van der Waals surface area contributed by atoms with Crippen LogP contribution < -0.4 is 18.9 Å². The van der Waals surface area contributed by atoms with Crippen molar-refractivity contribution in [1.82, 2.24) is 0 Å².